The van der Waals surface area contributed by atoms with Crippen LogP contribution in [0.3, 0.4) is 0 Å². The van der Waals surface area contributed by atoms with Crippen LogP contribution in [0.1, 0.15) is 55.1 Å². The van der Waals surface area contributed by atoms with Crippen molar-refractivity contribution in [3.63, 3.8) is 0 Å². The predicted molar refractivity (Wildman–Crippen MR) is 110 cm³/mol. The summed E-state index contributed by atoms with van der Waals surface area (Å²) in [5.74, 6) is 1.69. The summed E-state index contributed by atoms with van der Waals surface area (Å²) >= 11 is 0. The van der Waals surface area contributed by atoms with E-state index in [1.165, 1.54) is 32.1 Å². The maximum Gasteiger partial charge on any atom is 0.338 e. The SMILES string of the molecule is CC(=O)[n+]1c(C)c(NC2CCCCC2)n2cccc(OCc3ccccc3)c21. The molecule has 1 aliphatic carbocycles. The van der Waals surface area contributed by atoms with E-state index < -0.39 is 0 Å². The molecule has 1 N–H and O–H groups in total. The van der Waals surface area contributed by atoms with Gasteiger partial charge in [0.1, 0.15) is 6.61 Å². The lowest BCUT2D eigenvalue weighted by Gasteiger charge is -2.22. The second kappa shape index (κ2) is 8.05. The zero-order valence-corrected chi connectivity index (χ0v) is 16.6. The highest BCUT2D eigenvalue weighted by molar-refractivity contribution is 5.71. The average molecular weight is 378 g/mol. The number of carbonyl (C=O) groups excluding carboxylic acids is 1. The molecule has 3 aromatic rings. The van der Waals surface area contributed by atoms with Crippen molar-refractivity contribution in [3.05, 3.63) is 59.9 Å². The fourth-order valence-electron chi connectivity index (χ4n) is 4.17. The number of pyridine rings is 1. The quantitative estimate of drug-likeness (QED) is 0.664. The van der Waals surface area contributed by atoms with Crippen LogP contribution in [0, 0.1) is 6.92 Å². The Labute approximate surface area is 166 Å². The molecule has 0 bridgehead atoms. The van der Waals surface area contributed by atoms with Gasteiger partial charge in [0.2, 0.25) is 11.6 Å². The Morgan fingerprint density at radius 1 is 1.14 bits per heavy atom. The molecule has 2 heterocycles. The second-order valence-electron chi connectivity index (χ2n) is 7.61. The summed E-state index contributed by atoms with van der Waals surface area (Å²) in [6.45, 7) is 4.07. The lowest BCUT2D eigenvalue weighted by molar-refractivity contribution is -0.551. The number of benzene rings is 1. The molecular weight excluding hydrogens is 350 g/mol. The molecule has 0 unspecified atom stereocenters. The lowest BCUT2D eigenvalue weighted by Crippen LogP contribution is -2.42. The number of imidazole rings is 1. The topological polar surface area (TPSA) is 46.6 Å². The van der Waals surface area contributed by atoms with Crippen molar-refractivity contribution in [2.75, 3.05) is 5.32 Å². The fourth-order valence-corrected chi connectivity index (χ4v) is 4.17. The number of rotatable bonds is 5. The van der Waals surface area contributed by atoms with Crippen LogP contribution in [-0.4, -0.2) is 16.3 Å². The Morgan fingerprint density at radius 3 is 2.61 bits per heavy atom. The van der Waals surface area contributed by atoms with Crippen LogP contribution in [0.25, 0.3) is 5.65 Å². The number of fused-ring (bicyclic) bond motifs is 1. The van der Waals surface area contributed by atoms with Gasteiger partial charge in [-0.1, -0.05) is 49.6 Å². The summed E-state index contributed by atoms with van der Waals surface area (Å²) in [6, 6.07) is 14.4. The van der Waals surface area contributed by atoms with Gasteiger partial charge in [0.25, 0.3) is 0 Å². The number of ether oxygens (including phenoxy) is 1. The number of carbonyl (C=O) groups is 1. The predicted octanol–water partition coefficient (Wildman–Crippen LogP) is 4.52. The van der Waals surface area contributed by atoms with Crippen molar-refractivity contribution in [2.45, 2.75) is 58.6 Å². The van der Waals surface area contributed by atoms with Crippen molar-refractivity contribution in [1.29, 1.82) is 0 Å². The monoisotopic (exact) mass is 378 g/mol. The fraction of sp³-hybridized carbons (Fsp3) is 0.391. The summed E-state index contributed by atoms with van der Waals surface area (Å²) in [5, 5.41) is 3.70. The van der Waals surface area contributed by atoms with Gasteiger partial charge in [-0.3, -0.25) is 0 Å². The summed E-state index contributed by atoms with van der Waals surface area (Å²) in [7, 11) is 0. The first kappa shape index (κ1) is 18.5. The first-order valence-electron chi connectivity index (χ1n) is 10.1. The molecule has 0 aliphatic heterocycles. The van der Waals surface area contributed by atoms with Gasteiger partial charge in [0, 0.05) is 19.9 Å². The van der Waals surface area contributed by atoms with E-state index in [-0.39, 0.29) is 5.91 Å². The van der Waals surface area contributed by atoms with Crippen molar-refractivity contribution >= 4 is 17.4 Å². The third-order valence-electron chi connectivity index (χ3n) is 5.56. The number of nitrogens with one attached hydrogen (secondary N) is 1. The molecule has 1 aromatic carbocycles. The minimum atomic E-state index is -0.0116. The molecule has 146 valence electrons. The Hall–Kier alpha value is -2.82. The van der Waals surface area contributed by atoms with E-state index in [1.54, 1.807) is 11.5 Å². The normalized spacial score (nSPS) is 14.9. The number of anilines is 1. The molecule has 1 aliphatic rings. The molecule has 1 saturated carbocycles. The minimum Gasteiger partial charge on any atom is -0.481 e. The van der Waals surface area contributed by atoms with Crippen LogP contribution >= 0.6 is 0 Å². The van der Waals surface area contributed by atoms with Gasteiger partial charge in [-0.05, 0) is 30.5 Å². The third-order valence-corrected chi connectivity index (χ3v) is 5.56. The highest BCUT2D eigenvalue weighted by Gasteiger charge is 2.30. The van der Waals surface area contributed by atoms with Gasteiger partial charge in [-0.15, -0.1) is 0 Å². The summed E-state index contributed by atoms with van der Waals surface area (Å²) in [4.78, 5) is 12.5. The van der Waals surface area contributed by atoms with E-state index in [9.17, 15) is 4.79 Å². The number of hydrogen-bond donors (Lipinski definition) is 1. The zero-order valence-electron chi connectivity index (χ0n) is 16.6. The molecule has 4 rings (SSSR count). The average Bonchev–Trinajstić information content (AvgIpc) is 3.00. The molecule has 5 nitrogen and oxygen atoms in total. The molecule has 2 aromatic heterocycles. The Bertz CT molecular complexity index is 972. The summed E-state index contributed by atoms with van der Waals surface area (Å²) in [6.07, 6.45) is 8.20. The highest BCUT2D eigenvalue weighted by Crippen LogP contribution is 2.27. The van der Waals surface area contributed by atoms with Crippen LogP contribution in [0.4, 0.5) is 5.82 Å². The summed E-state index contributed by atoms with van der Waals surface area (Å²) in [5.41, 5.74) is 2.80. The van der Waals surface area contributed by atoms with E-state index in [4.69, 9.17) is 4.74 Å². The molecule has 0 spiro atoms. The van der Waals surface area contributed by atoms with Crippen molar-refractivity contribution in [2.24, 2.45) is 0 Å². The van der Waals surface area contributed by atoms with E-state index in [0.717, 1.165) is 22.7 Å². The number of hydrogen-bond acceptors (Lipinski definition) is 3. The van der Waals surface area contributed by atoms with Gasteiger partial charge in [-0.25, -0.2) is 4.79 Å². The Morgan fingerprint density at radius 2 is 1.89 bits per heavy atom. The molecule has 0 atom stereocenters. The standard InChI is InChI=1S/C23H28N3O2/c1-17-22(24-20-12-7-4-8-13-20)25-15-9-14-21(23(25)26(17)18(2)27)28-16-19-10-5-3-6-11-19/h3,5-6,9-11,14-15,20,24H,4,7-8,12-13,16H2,1-2H3/q+1. The minimum absolute atomic E-state index is 0.0116. The number of aromatic nitrogens is 2. The van der Waals surface area contributed by atoms with Gasteiger partial charge < -0.3 is 10.1 Å². The first-order valence-corrected chi connectivity index (χ1v) is 10.1. The van der Waals surface area contributed by atoms with Crippen molar-refractivity contribution < 1.29 is 14.1 Å². The summed E-state index contributed by atoms with van der Waals surface area (Å²) < 4.78 is 9.95. The molecule has 28 heavy (non-hydrogen) atoms. The lowest BCUT2D eigenvalue weighted by atomic mass is 9.95. The van der Waals surface area contributed by atoms with E-state index in [1.807, 2.05) is 55.6 Å². The van der Waals surface area contributed by atoms with Gasteiger partial charge >= 0.3 is 11.6 Å². The van der Waals surface area contributed by atoms with Crippen molar-refractivity contribution in [1.82, 2.24) is 4.40 Å². The molecule has 1 fully saturated rings. The van der Waals surface area contributed by atoms with E-state index >= 15 is 0 Å². The maximum absolute atomic E-state index is 12.5. The first-order chi connectivity index (χ1) is 13.6. The van der Waals surface area contributed by atoms with Crippen LogP contribution in [0.2, 0.25) is 0 Å². The Balaban J connectivity index is 1.72. The number of nitrogens with zero attached hydrogens (tertiary/aromatic N) is 2. The smallest absolute Gasteiger partial charge is 0.338 e. The van der Waals surface area contributed by atoms with E-state index in [2.05, 4.69) is 9.72 Å². The molecule has 5 heteroatoms. The maximum atomic E-state index is 12.5. The highest BCUT2D eigenvalue weighted by atomic mass is 16.5. The van der Waals surface area contributed by atoms with Crippen LogP contribution < -0.4 is 14.6 Å². The van der Waals surface area contributed by atoms with Crippen LogP contribution in [0.15, 0.2) is 48.7 Å². The third kappa shape index (κ3) is 3.61. The van der Waals surface area contributed by atoms with Crippen LogP contribution in [-0.2, 0) is 6.61 Å². The second-order valence-corrected chi connectivity index (χ2v) is 7.61. The van der Waals surface area contributed by atoms with Gasteiger partial charge in [0.05, 0.1) is 6.20 Å². The molecule has 0 saturated heterocycles. The Kier molecular flexibility index (Phi) is 5.33. The zero-order chi connectivity index (χ0) is 19.5. The van der Waals surface area contributed by atoms with Gasteiger partial charge in [0.15, 0.2) is 5.69 Å². The van der Waals surface area contributed by atoms with E-state index in [0.29, 0.717) is 18.4 Å². The van der Waals surface area contributed by atoms with Crippen molar-refractivity contribution in [3.8, 4) is 5.75 Å². The molecule has 0 radical (unpaired) electrons. The van der Waals surface area contributed by atoms with Crippen LogP contribution in [0.5, 0.6) is 5.75 Å². The van der Waals surface area contributed by atoms with Gasteiger partial charge in [-0.2, -0.15) is 8.97 Å². The molecular formula is C23H28N3O2+. The largest absolute Gasteiger partial charge is 0.481 e. The molecule has 0 amide bonds.